The molecule has 0 bridgehead atoms. The van der Waals surface area contributed by atoms with Gasteiger partial charge in [0.2, 0.25) is 0 Å². The first kappa shape index (κ1) is 15.9. The lowest BCUT2D eigenvalue weighted by Gasteiger charge is -2.30. The molecule has 3 nitrogen and oxygen atoms in total. The maximum Gasteiger partial charge on any atom is 0.198 e. The lowest BCUT2D eigenvalue weighted by molar-refractivity contribution is -0.252. The number of hydrogen-bond acceptors (Lipinski definition) is 3. The van der Waals surface area contributed by atoms with E-state index in [2.05, 4.69) is 41.5 Å². The van der Waals surface area contributed by atoms with Gasteiger partial charge in [-0.2, -0.15) is 0 Å². The standard InChI is InChI=1S/C15H30O3/c1-7-9-10-16-13-11-15(13,17-12(3)8-2)18-14(4,5)6/h12-13H,7-11H2,1-6H3. The number of hydrogen-bond donors (Lipinski definition) is 0. The summed E-state index contributed by atoms with van der Waals surface area (Å²) < 4.78 is 18.0. The Morgan fingerprint density at radius 1 is 1.28 bits per heavy atom. The Kier molecular flexibility index (Phi) is 5.63. The van der Waals surface area contributed by atoms with Gasteiger partial charge < -0.3 is 14.2 Å². The summed E-state index contributed by atoms with van der Waals surface area (Å²) in [5.74, 6) is -0.499. The van der Waals surface area contributed by atoms with Gasteiger partial charge >= 0.3 is 0 Å². The van der Waals surface area contributed by atoms with Crippen LogP contribution in [0.4, 0.5) is 0 Å². The van der Waals surface area contributed by atoms with Gasteiger partial charge in [0, 0.05) is 13.0 Å². The van der Waals surface area contributed by atoms with Gasteiger partial charge in [-0.05, 0) is 40.5 Å². The predicted octanol–water partition coefficient (Wildman–Crippen LogP) is 3.90. The largest absolute Gasteiger partial charge is 0.372 e. The number of unbranched alkanes of at least 4 members (excludes halogenated alkanes) is 1. The normalized spacial score (nSPS) is 29.3. The molecule has 1 aliphatic carbocycles. The fourth-order valence-corrected chi connectivity index (χ4v) is 1.95. The smallest absolute Gasteiger partial charge is 0.198 e. The summed E-state index contributed by atoms with van der Waals surface area (Å²) in [6.45, 7) is 13.4. The van der Waals surface area contributed by atoms with E-state index in [9.17, 15) is 0 Å². The summed E-state index contributed by atoms with van der Waals surface area (Å²) >= 11 is 0. The molecule has 1 fully saturated rings. The molecule has 108 valence electrons. The molecule has 0 aromatic carbocycles. The minimum atomic E-state index is -0.499. The summed E-state index contributed by atoms with van der Waals surface area (Å²) in [6, 6.07) is 0. The molecule has 3 unspecified atom stereocenters. The van der Waals surface area contributed by atoms with Crippen molar-refractivity contribution in [3.8, 4) is 0 Å². The third-order valence-corrected chi connectivity index (χ3v) is 3.07. The second kappa shape index (κ2) is 6.36. The van der Waals surface area contributed by atoms with E-state index in [-0.39, 0.29) is 17.8 Å². The molecule has 0 radical (unpaired) electrons. The Morgan fingerprint density at radius 3 is 2.44 bits per heavy atom. The van der Waals surface area contributed by atoms with E-state index in [0.29, 0.717) is 0 Å². The van der Waals surface area contributed by atoms with Gasteiger partial charge in [0.15, 0.2) is 5.79 Å². The first-order valence-corrected chi connectivity index (χ1v) is 7.32. The van der Waals surface area contributed by atoms with Crippen LogP contribution < -0.4 is 0 Å². The SMILES string of the molecule is CCCCOC1CC1(OC(C)CC)OC(C)(C)C. The second-order valence-electron chi connectivity index (χ2n) is 6.28. The van der Waals surface area contributed by atoms with Crippen LogP contribution in [-0.4, -0.2) is 30.2 Å². The van der Waals surface area contributed by atoms with Crippen molar-refractivity contribution in [2.75, 3.05) is 6.61 Å². The summed E-state index contributed by atoms with van der Waals surface area (Å²) in [5.41, 5.74) is -0.198. The average Bonchev–Trinajstić information content (AvgIpc) is 2.88. The Balaban J connectivity index is 2.51. The Labute approximate surface area is 112 Å². The fourth-order valence-electron chi connectivity index (χ4n) is 1.95. The van der Waals surface area contributed by atoms with Crippen molar-refractivity contribution in [1.82, 2.24) is 0 Å². The molecule has 0 aliphatic heterocycles. The van der Waals surface area contributed by atoms with Crippen LogP contribution in [0.15, 0.2) is 0 Å². The number of ether oxygens (including phenoxy) is 3. The lowest BCUT2D eigenvalue weighted by atomic mass is 10.2. The highest BCUT2D eigenvalue weighted by atomic mass is 16.7. The van der Waals surface area contributed by atoms with Crippen molar-refractivity contribution >= 4 is 0 Å². The van der Waals surface area contributed by atoms with Crippen molar-refractivity contribution in [1.29, 1.82) is 0 Å². The minimum Gasteiger partial charge on any atom is -0.372 e. The van der Waals surface area contributed by atoms with Gasteiger partial charge in [-0.3, -0.25) is 0 Å². The van der Waals surface area contributed by atoms with E-state index in [1.807, 2.05) is 0 Å². The van der Waals surface area contributed by atoms with Crippen molar-refractivity contribution in [3.63, 3.8) is 0 Å². The van der Waals surface area contributed by atoms with E-state index in [4.69, 9.17) is 14.2 Å². The molecule has 3 atom stereocenters. The Hall–Kier alpha value is -0.120. The van der Waals surface area contributed by atoms with Crippen LogP contribution in [0.2, 0.25) is 0 Å². The monoisotopic (exact) mass is 258 g/mol. The van der Waals surface area contributed by atoms with Crippen LogP contribution in [0.5, 0.6) is 0 Å². The van der Waals surface area contributed by atoms with Crippen molar-refractivity contribution < 1.29 is 14.2 Å². The van der Waals surface area contributed by atoms with Crippen molar-refractivity contribution in [2.45, 2.75) is 90.8 Å². The maximum absolute atomic E-state index is 6.10. The minimum absolute atomic E-state index is 0.109. The molecule has 18 heavy (non-hydrogen) atoms. The highest BCUT2D eigenvalue weighted by Gasteiger charge is 2.61. The highest BCUT2D eigenvalue weighted by molar-refractivity contribution is 5.02. The van der Waals surface area contributed by atoms with E-state index in [1.165, 1.54) is 0 Å². The average molecular weight is 258 g/mol. The molecule has 0 aromatic heterocycles. The zero-order valence-electron chi connectivity index (χ0n) is 12.9. The molecule has 3 heteroatoms. The molecule has 1 rings (SSSR count). The molecule has 0 saturated heterocycles. The molecule has 0 heterocycles. The zero-order valence-corrected chi connectivity index (χ0v) is 12.9. The van der Waals surface area contributed by atoms with Crippen LogP contribution in [0.1, 0.15) is 67.2 Å². The van der Waals surface area contributed by atoms with E-state index < -0.39 is 5.79 Å². The molecule has 0 amide bonds. The molecule has 1 aliphatic rings. The van der Waals surface area contributed by atoms with Gasteiger partial charge in [-0.25, -0.2) is 0 Å². The van der Waals surface area contributed by atoms with Gasteiger partial charge in [0.25, 0.3) is 0 Å². The lowest BCUT2D eigenvalue weighted by Crippen LogP contribution is -2.36. The van der Waals surface area contributed by atoms with Gasteiger partial charge in [0.1, 0.15) is 6.10 Å². The topological polar surface area (TPSA) is 27.7 Å². The predicted molar refractivity (Wildman–Crippen MR) is 73.7 cm³/mol. The summed E-state index contributed by atoms with van der Waals surface area (Å²) in [5, 5.41) is 0. The zero-order chi connectivity index (χ0) is 13.8. The third-order valence-electron chi connectivity index (χ3n) is 3.07. The van der Waals surface area contributed by atoms with Crippen LogP contribution in [0.3, 0.4) is 0 Å². The van der Waals surface area contributed by atoms with Gasteiger partial charge in [-0.15, -0.1) is 0 Å². The summed E-state index contributed by atoms with van der Waals surface area (Å²) in [7, 11) is 0. The third kappa shape index (κ3) is 4.87. The molecular weight excluding hydrogens is 228 g/mol. The fraction of sp³-hybridized carbons (Fsp3) is 1.00. The quantitative estimate of drug-likeness (QED) is 0.488. The Bertz CT molecular complexity index is 247. The Morgan fingerprint density at radius 2 is 1.94 bits per heavy atom. The molecule has 0 N–H and O–H groups in total. The maximum atomic E-state index is 6.10. The first-order valence-electron chi connectivity index (χ1n) is 7.32. The molecule has 0 spiro atoms. The highest BCUT2D eigenvalue weighted by Crippen LogP contribution is 2.47. The van der Waals surface area contributed by atoms with Gasteiger partial charge in [0.05, 0.1) is 11.7 Å². The van der Waals surface area contributed by atoms with E-state index in [1.54, 1.807) is 0 Å². The van der Waals surface area contributed by atoms with Gasteiger partial charge in [-0.1, -0.05) is 20.3 Å². The molecular formula is C15H30O3. The second-order valence-corrected chi connectivity index (χ2v) is 6.28. The summed E-state index contributed by atoms with van der Waals surface area (Å²) in [4.78, 5) is 0. The number of rotatable bonds is 8. The summed E-state index contributed by atoms with van der Waals surface area (Å²) in [6.07, 6.45) is 4.44. The van der Waals surface area contributed by atoms with Crippen LogP contribution in [0.25, 0.3) is 0 Å². The first-order chi connectivity index (χ1) is 8.33. The van der Waals surface area contributed by atoms with Crippen molar-refractivity contribution in [2.24, 2.45) is 0 Å². The van der Waals surface area contributed by atoms with E-state index >= 15 is 0 Å². The van der Waals surface area contributed by atoms with Crippen LogP contribution in [0, 0.1) is 0 Å². The molecule has 1 saturated carbocycles. The van der Waals surface area contributed by atoms with Crippen LogP contribution >= 0.6 is 0 Å². The van der Waals surface area contributed by atoms with Crippen LogP contribution in [-0.2, 0) is 14.2 Å². The van der Waals surface area contributed by atoms with E-state index in [0.717, 1.165) is 32.3 Å². The molecule has 0 aromatic rings. The van der Waals surface area contributed by atoms with Crippen molar-refractivity contribution in [3.05, 3.63) is 0 Å².